The summed E-state index contributed by atoms with van der Waals surface area (Å²) in [6.07, 6.45) is 3.80. The number of anilines is 1. The van der Waals surface area contributed by atoms with Gasteiger partial charge < -0.3 is 14.5 Å². The third-order valence-electron chi connectivity index (χ3n) is 3.04. The summed E-state index contributed by atoms with van der Waals surface area (Å²) in [6, 6.07) is 14.1. The van der Waals surface area contributed by atoms with Crippen LogP contribution in [0.25, 0.3) is 0 Å². The van der Waals surface area contributed by atoms with E-state index in [1.165, 1.54) is 0 Å². The third-order valence-corrected chi connectivity index (χ3v) is 3.04. The van der Waals surface area contributed by atoms with Crippen molar-refractivity contribution in [2.45, 2.75) is 32.2 Å². The summed E-state index contributed by atoms with van der Waals surface area (Å²) in [5.74, 6) is 1.79. The van der Waals surface area contributed by atoms with E-state index < -0.39 is 0 Å². The van der Waals surface area contributed by atoms with Crippen molar-refractivity contribution in [1.82, 2.24) is 0 Å². The number of hydrogen-bond donors (Lipinski definition) is 1. The second-order valence-electron chi connectivity index (χ2n) is 4.97. The maximum atomic E-state index is 8.49. The summed E-state index contributed by atoms with van der Waals surface area (Å²) < 4.78 is 11.0. The molecule has 0 aliphatic rings. The maximum absolute atomic E-state index is 8.49. The number of rotatable bonds is 8. The van der Waals surface area contributed by atoms with Crippen LogP contribution < -0.4 is 10.1 Å². The van der Waals surface area contributed by atoms with Crippen molar-refractivity contribution in [2.24, 2.45) is 0 Å². The molecule has 0 amide bonds. The number of nitrogens with one attached hydrogen (secondary N) is 1. The van der Waals surface area contributed by atoms with E-state index in [9.17, 15) is 0 Å². The molecule has 2 aromatic rings. The smallest absolute Gasteiger partial charge is 0.121 e. The van der Waals surface area contributed by atoms with Gasteiger partial charge in [0.05, 0.1) is 18.9 Å². The molecule has 4 nitrogen and oxygen atoms in total. The Balaban J connectivity index is 1.84. The lowest BCUT2D eigenvalue weighted by Crippen LogP contribution is -2.17. The lowest BCUT2D eigenvalue weighted by Gasteiger charge is -2.15. The highest BCUT2D eigenvalue weighted by molar-refractivity contribution is 5.48. The Kier molecular flexibility index (Phi) is 5.71. The van der Waals surface area contributed by atoms with E-state index in [0.717, 1.165) is 30.0 Å². The quantitative estimate of drug-likeness (QED) is 0.744. The van der Waals surface area contributed by atoms with Crippen molar-refractivity contribution < 1.29 is 9.15 Å². The molecule has 0 fully saturated rings. The van der Waals surface area contributed by atoms with Gasteiger partial charge in [0.25, 0.3) is 0 Å². The molecule has 0 saturated carbocycles. The van der Waals surface area contributed by atoms with Gasteiger partial charge in [-0.15, -0.1) is 0 Å². The lowest BCUT2D eigenvalue weighted by atomic mass is 10.2. The van der Waals surface area contributed by atoms with Crippen LogP contribution in [0.2, 0.25) is 0 Å². The molecular weight excluding hydrogens is 264 g/mol. The van der Waals surface area contributed by atoms with Crippen LogP contribution >= 0.6 is 0 Å². The molecule has 0 saturated heterocycles. The fourth-order valence-corrected chi connectivity index (χ4v) is 2.08. The summed E-state index contributed by atoms with van der Waals surface area (Å²) in [5, 5.41) is 11.9. The minimum absolute atomic E-state index is 0.269. The Morgan fingerprint density at radius 2 is 2.24 bits per heavy atom. The largest absolute Gasteiger partial charge is 0.493 e. The van der Waals surface area contributed by atoms with Crippen molar-refractivity contribution in [2.75, 3.05) is 11.9 Å². The third kappa shape index (κ3) is 5.23. The number of nitrogens with zero attached hydrogens (tertiary/aromatic N) is 1. The molecule has 0 aliphatic heterocycles. The van der Waals surface area contributed by atoms with Gasteiger partial charge in [-0.1, -0.05) is 6.07 Å². The van der Waals surface area contributed by atoms with Crippen LogP contribution in [-0.4, -0.2) is 12.6 Å². The maximum Gasteiger partial charge on any atom is 0.121 e. The van der Waals surface area contributed by atoms with Crippen molar-refractivity contribution in [3.63, 3.8) is 0 Å². The van der Waals surface area contributed by atoms with Gasteiger partial charge in [-0.2, -0.15) is 5.26 Å². The van der Waals surface area contributed by atoms with Gasteiger partial charge in [-0.25, -0.2) is 0 Å². The highest BCUT2D eigenvalue weighted by Gasteiger charge is 2.06. The molecular formula is C17H20N2O2. The van der Waals surface area contributed by atoms with Gasteiger partial charge in [0.15, 0.2) is 0 Å². The molecule has 1 N–H and O–H groups in total. The number of benzene rings is 1. The first-order chi connectivity index (χ1) is 10.3. The van der Waals surface area contributed by atoms with Crippen molar-refractivity contribution in [3.8, 4) is 11.8 Å². The van der Waals surface area contributed by atoms with Crippen molar-refractivity contribution in [1.29, 1.82) is 5.26 Å². The summed E-state index contributed by atoms with van der Waals surface area (Å²) in [6.45, 7) is 2.68. The molecule has 1 aromatic heterocycles. The van der Waals surface area contributed by atoms with Gasteiger partial charge >= 0.3 is 0 Å². The van der Waals surface area contributed by atoms with E-state index in [4.69, 9.17) is 14.4 Å². The van der Waals surface area contributed by atoms with Gasteiger partial charge in [0.2, 0.25) is 0 Å². The van der Waals surface area contributed by atoms with Crippen LogP contribution in [0.1, 0.15) is 25.5 Å². The Morgan fingerprint density at radius 1 is 1.33 bits per heavy atom. The van der Waals surface area contributed by atoms with Crippen LogP contribution in [0.5, 0.6) is 5.75 Å². The van der Waals surface area contributed by atoms with E-state index in [1.54, 1.807) is 6.26 Å². The van der Waals surface area contributed by atoms with Gasteiger partial charge in [-0.05, 0) is 37.6 Å². The SMILES string of the molecule is CC(Cc1ccco1)Nc1cccc(OCCCC#N)c1. The number of furan rings is 1. The van der Waals surface area contributed by atoms with Crippen LogP contribution in [0.3, 0.4) is 0 Å². The fourth-order valence-electron chi connectivity index (χ4n) is 2.08. The Morgan fingerprint density at radius 3 is 3.00 bits per heavy atom. The summed E-state index contributed by atoms with van der Waals surface area (Å²) >= 11 is 0. The minimum Gasteiger partial charge on any atom is -0.493 e. The molecule has 1 aromatic carbocycles. The molecule has 1 heterocycles. The first kappa shape index (κ1) is 15.0. The van der Waals surface area contributed by atoms with Crippen molar-refractivity contribution in [3.05, 3.63) is 48.4 Å². The average Bonchev–Trinajstić information content (AvgIpc) is 2.97. The fraction of sp³-hybridized carbons (Fsp3) is 0.353. The lowest BCUT2D eigenvalue weighted by molar-refractivity contribution is 0.313. The molecule has 1 atom stereocenters. The molecule has 4 heteroatoms. The molecule has 1 unspecified atom stereocenters. The average molecular weight is 284 g/mol. The summed E-state index contributed by atoms with van der Waals surface area (Å²) in [4.78, 5) is 0. The first-order valence-electron chi connectivity index (χ1n) is 7.16. The normalized spacial score (nSPS) is 11.6. The van der Waals surface area contributed by atoms with E-state index in [1.807, 2.05) is 36.4 Å². The molecule has 21 heavy (non-hydrogen) atoms. The number of unbranched alkanes of at least 4 members (excludes halogenated alkanes) is 1. The number of ether oxygens (including phenoxy) is 1. The molecule has 2 rings (SSSR count). The highest BCUT2D eigenvalue weighted by atomic mass is 16.5. The molecule has 0 radical (unpaired) electrons. The zero-order valence-corrected chi connectivity index (χ0v) is 12.2. The molecule has 0 spiro atoms. The van der Waals surface area contributed by atoms with Crippen LogP contribution in [0.4, 0.5) is 5.69 Å². The second kappa shape index (κ2) is 8.01. The van der Waals surface area contributed by atoms with Gasteiger partial charge in [-0.3, -0.25) is 0 Å². The summed E-state index contributed by atoms with van der Waals surface area (Å²) in [7, 11) is 0. The Hall–Kier alpha value is -2.41. The van der Waals surface area contributed by atoms with E-state index in [-0.39, 0.29) is 6.04 Å². The standard InChI is InChI=1S/C17H20N2O2/c1-14(12-16-8-5-11-21-16)19-15-6-4-7-17(13-15)20-10-3-2-9-18/h4-8,11,13-14,19H,2-3,10,12H2,1H3. The first-order valence-corrected chi connectivity index (χ1v) is 7.16. The molecule has 0 aliphatic carbocycles. The topological polar surface area (TPSA) is 58.2 Å². The van der Waals surface area contributed by atoms with Gasteiger partial charge in [0, 0.05) is 30.6 Å². The molecule has 0 bridgehead atoms. The number of hydrogen-bond acceptors (Lipinski definition) is 4. The zero-order chi connectivity index (χ0) is 14.9. The highest BCUT2D eigenvalue weighted by Crippen LogP contribution is 2.19. The summed E-state index contributed by atoms with van der Waals surface area (Å²) in [5.41, 5.74) is 1.02. The van der Waals surface area contributed by atoms with E-state index in [0.29, 0.717) is 13.0 Å². The molecule has 110 valence electrons. The Bertz CT molecular complexity index is 573. The van der Waals surface area contributed by atoms with Crippen LogP contribution in [0.15, 0.2) is 47.1 Å². The minimum atomic E-state index is 0.269. The predicted molar refractivity (Wildman–Crippen MR) is 82.3 cm³/mol. The Labute approximate surface area is 125 Å². The monoisotopic (exact) mass is 284 g/mol. The zero-order valence-electron chi connectivity index (χ0n) is 12.2. The second-order valence-corrected chi connectivity index (χ2v) is 4.97. The van der Waals surface area contributed by atoms with E-state index in [2.05, 4.69) is 18.3 Å². The van der Waals surface area contributed by atoms with E-state index >= 15 is 0 Å². The van der Waals surface area contributed by atoms with Gasteiger partial charge in [0.1, 0.15) is 11.5 Å². The number of nitriles is 1. The van der Waals surface area contributed by atoms with Crippen LogP contribution in [-0.2, 0) is 6.42 Å². The van der Waals surface area contributed by atoms with Crippen LogP contribution in [0, 0.1) is 11.3 Å². The predicted octanol–water partition coefficient (Wildman–Crippen LogP) is 4.01. The van der Waals surface area contributed by atoms with Crippen molar-refractivity contribution >= 4 is 5.69 Å².